The van der Waals surface area contributed by atoms with Crippen molar-refractivity contribution >= 4 is 21.6 Å². The van der Waals surface area contributed by atoms with Crippen molar-refractivity contribution in [2.75, 3.05) is 10.6 Å². The zero-order valence-corrected chi connectivity index (χ0v) is 20.2. The summed E-state index contributed by atoms with van der Waals surface area (Å²) >= 11 is 0. The van der Waals surface area contributed by atoms with E-state index in [1.54, 1.807) is 31.2 Å². The van der Waals surface area contributed by atoms with Crippen LogP contribution in [0.15, 0.2) is 78.9 Å². The average Bonchev–Trinajstić information content (AvgIpc) is 2.79. The molecule has 33 heavy (non-hydrogen) atoms. The highest BCUT2D eigenvalue weighted by Crippen LogP contribution is 2.27. The Hall–Kier alpha value is -3.32. The van der Waals surface area contributed by atoms with Gasteiger partial charge in [0.1, 0.15) is 17.5 Å². The van der Waals surface area contributed by atoms with E-state index >= 15 is 0 Å². The highest BCUT2D eigenvalue weighted by atomic mass is 32.2. The van der Waals surface area contributed by atoms with Crippen LogP contribution < -0.4 is 14.4 Å². The van der Waals surface area contributed by atoms with Gasteiger partial charge in [-0.1, -0.05) is 55.0 Å². The third-order valence-corrected chi connectivity index (χ3v) is 6.60. The van der Waals surface area contributed by atoms with Crippen molar-refractivity contribution in [2.45, 2.75) is 39.3 Å². The van der Waals surface area contributed by atoms with Gasteiger partial charge in [0.25, 0.3) is 0 Å². The van der Waals surface area contributed by atoms with E-state index < -0.39 is 16.1 Å². The molecule has 6 nitrogen and oxygen atoms in total. The number of rotatable bonds is 9. The second-order valence-electron chi connectivity index (χ2n) is 8.02. The van der Waals surface area contributed by atoms with E-state index in [1.165, 1.54) is 0 Å². The van der Waals surface area contributed by atoms with Crippen molar-refractivity contribution in [1.82, 2.24) is 5.32 Å². The first-order valence-electron chi connectivity index (χ1n) is 10.9. The third kappa shape index (κ3) is 6.35. The zero-order valence-electron chi connectivity index (χ0n) is 19.4. The Morgan fingerprint density at radius 2 is 1.52 bits per heavy atom. The van der Waals surface area contributed by atoms with Crippen LogP contribution in [-0.4, -0.2) is 26.6 Å². The van der Waals surface area contributed by atoms with Gasteiger partial charge in [-0.05, 0) is 62.2 Å². The highest BCUT2D eigenvalue weighted by Gasteiger charge is 2.30. The number of benzene rings is 3. The zero-order chi connectivity index (χ0) is 24.0. The van der Waals surface area contributed by atoms with Gasteiger partial charge in [-0.15, -0.1) is 0 Å². The van der Waals surface area contributed by atoms with Gasteiger partial charge in [0, 0.05) is 0 Å². The molecule has 1 amide bonds. The molecule has 0 aliphatic heterocycles. The minimum Gasteiger partial charge on any atom is -0.457 e. The molecule has 0 fully saturated rings. The van der Waals surface area contributed by atoms with Crippen molar-refractivity contribution in [3.8, 4) is 11.5 Å². The van der Waals surface area contributed by atoms with E-state index in [-0.39, 0.29) is 11.9 Å². The molecule has 1 N–H and O–H groups in total. The number of hydrogen-bond acceptors (Lipinski definition) is 4. The summed E-state index contributed by atoms with van der Waals surface area (Å²) in [7, 11) is -3.72. The van der Waals surface area contributed by atoms with E-state index in [0.717, 1.165) is 21.7 Å². The maximum Gasteiger partial charge on any atom is 0.244 e. The lowest BCUT2D eigenvalue weighted by atomic mass is 10.0. The van der Waals surface area contributed by atoms with Gasteiger partial charge in [-0.2, -0.15) is 0 Å². The second kappa shape index (κ2) is 10.5. The van der Waals surface area contributed by atoms with Gasteiger partial charge >= 0.3 is 0 Å². The number of amides is 1. The average molecular weight is 467 g/mol. The van der Waals surface area contributed by atoms with Gasteiger partial charge in [0.15, 0.2) is 0 Å². The first kappa shape index (κ1) is 24.3. The monoisotopic (exact) mass is 466 g/mol. The number of aryl methyl sites for hydroxylation is 1. The fourth-order valence-corrected chi connectivity index (χ4v) is 4.78. The van der Waals surface area contributed by atoms with Gasteiger partial charge in [-0.25, -0.2) is 8.42 Å². The summed E-state index contributed by atoms with van der Waals surface area (Å²) in [6.07, 6.45) is 1.79. The van der Waals surface area contributed by atoms with Crippen LogP contribution in [0.25, 0.3) is 0 Å². The summed E-state index contributed by atoms with van der Waals surface area (Å²) in [5, 5.41) is 3.00. The molecule has 3 aromatic rings. The second-order valence-corrected chi connectivity index (χ2v) is 9.88. The molecule has 3 rings (SSSR count). The molecule has 0 saturated carbocycles. The lowest BCUT2D eigenvalue weighted by Gasteiger charge is -2.30. The summed E-state index contributed by atoms with van der Waals surface area (Å²) in [4.78, 5) is 13.1. The van der Waals surface area contributed by atoms with Gasteiger partial charge < -0.3 is 10.1 Å². The van der Waals surface area contributed by atoms with Crippen molar-refractivity contribution in [1.29, 1.82) is 0 Å². The highest BCUT2D eigenvalue weighted by molar-refractivity contribution is 7.92. The van der Waals surface area contributed by atoms with E-state index in [9.17, 15) is 13.2 Å². The van der Waals surface area contributed by atoms with Crippen LogP contribution >= 0.6 is 0 Å². The summed E-state index contributed by atoms with van der Waals surface area (Å²) in [6.45, 7) is 5.58. The van der Waals surface area contributed by atoms with Crippen LogP contribution in [-0.2, 0) is 14.8 Å². The Balaban J connectivity index is 1.79. The molecule has 0 unspecified atom stereocenters. The standard InChI is InChI=1S/C26H30N2O4S/c1-5-25(21-13-11-19(2)12-14-21)27-26(29)20(3)28(33(4,30)31)22-15-17-24(18-16-22)32-23-9-7-6-8-10-23/h6-18,20,25H,5H2,1-4H3,(H,27,29)/t20-,25+/m1/s1. The maximum absolute atomic E-state index is 13.1. The molecular formula is C26H30N2O4S. The predicted octanol–water partition coefficient (Wildman–Crippen LogP) is 5.21. The molecule has 0 spiro atoms. The molecule has 0 radical (unpaired) electrons. The normalized spacial score (nSPS) is 13.1. The summed E-state index contributed by atoms with van der Waals surface area (Å²) in [6, 6.07) is 22.8. The number of nitrogens with one attached hydrogen (secondary N) is 1. The maximum atomic E-state index is 13.1. The smallest absolute Gasteiger partial charge is 0.244 e. The lowest BCUT2D eigenvalue weighted by molar-refractivity contribution is -0.122. The Bertz CT molecular complexity index is 1160. The summed E-state index contributed by atoms with van der Waals surface area (Å²) in [5.74, 6) is 0.887. The Labute approximate surface area is 196 Å². The van der Waals surface area contributed by atoms with Crippen LogP contribution in [0.1, 0.15) is 37.4 Å². The van der Waals surface area contributed by atoms with Crippen molar-refractivity contribution in [3.63, 3.8) is 0 Å². The molecule has 0 aromatic heterocycles. The fourth-order valence-electron chi connectivity index (χ4n) is 3.61. The number of para-hydroxylation sites is 1. The lowest BCUT2D eigenvalue weighted by Crippen LogP contribution is -2.48. The number of carbonyl (C=O) groups excluding carboxylic acids is 1. The first-order chi connectivity index (χ1) is 15.7. The Kier molecular flexibility index (Phi) is 7.76. The van der Waals surface area contributed by atoms with Crippen LogP contribution in [0.4, 0.5) is 5.69 Å². The number of carbonyl (C=O) groups is 1. The number of ether oxygens (including phenoxy) is 1. The molecule has 7 heteroatoms. The molecule has 0 heterocycles. The predicted molar refractivity (Wildman–Crippen MR) is 132 cm³/mol. The largest absolute Gasteiger partial charge is 0.457 e. The van der Waals surface area contributed by atoms with Crippen molar-refractivity contribution < 1.29 is 17.9 Å². The van der Waals surface area contributed by atoms with Crippen LogP contribution in [0.5, 0.6) is 11.5 Å². The molecule has 0 aliphatic carbocycles. The number of nitrogens with zero attached hydrogens (tertiary/aromatic N) is 1. The summed E-state index contributed by atoms with van der Waals surface area (Å²) in [5.41, 5.74) is 2.51. The van der Waals surface area contributed by atoms with Gasteiger partial charge in [0.2, 0.25) is 15.9 Å². The molecule has 2 atom stereocenters. The fraction of sp³-hybridized carbons (Fsp3) is 0.269. The van der Waals surface area contributed by atoms with Gasteiger partial charge in [-0.3, -0.25) is 9.10 Å². The minimum absolute atomic E-state index is 0.205. The molecule has 0 saturated heterocycles. The minimum atomic E-state index is -3.72. The Morgan fingerprint density at radius 3 is 2.06 bits per heavy atom. The van der Waals surface area contributed by atoms with Crippen LogP contribution in [0.3, 0.4) is 0 Å². The van der Waals surface area contributed by atoms with E-state index in [2.05, 4.69) is 5.32 Å². The molecule has 174 valence electrons. The third-order valence-electron chi connectivity index (χ3n) is 5.36. The van der Waals surface area contributed by atoms with E-state index in [0.29, 0.717) is 23.6 Å². The van der Waals surface area contributed by atoms with Crippen LogP contribution in [0, 0.1) is 6.92 Å². The quantitative estimate of drug-likeness (QED) is 0.470. The molecule has 0 aliphatic rings. The SMILES string of the molecule is CC[C@H](NC(=O)[C@@H](C)N(c1ccc(Oc2ccccc2)cc1)S(C)(=O)=O)c1ccc(C)cc1. The molecule has 3 aromatic carbocycles. The molecular weight excluding hydrogens is 436 g/mol. The number of hydrogen-bond donors (Lipinski definition) is 1. The van der Waals surface area contributed by atoms with Gasteiger partial charge in [0.05, 0.1) is 18.0 Å². The summed E-state index contributed by atoms with van der Waals surface area (Å²) < 4.78 is 32.2. The van der Waals surface area contributed by atoms with Crippen molar-refractivity contribution in [3.05, 3.63) is 90.0 Å². The van der Waals surface area contributed by atoms with E-state index in [1.807, 2.05) is 68.4 Å². The molecule has 0 bridgehead atoms. The first-order valence-corrected chi connectivity index (χ1v) is 12.7. The van der Waals surface area contributed by atoms with Crippen molar-refractivity contribution in [2.24, 2.45) is 0 Å². The van der Waals surface area contributed by atoms with E-state index in [4.69, 9.17) is 4.74 Å². The number of anilines is 1. The number of sulfonamides is 1. The van der Waals surface area contributed by atoms with Crippen LogP contribution in [0.2, 0.25) is 0 Å². The topological polar surface area (TPSA) is 75.7 Å². The Morgan fingerprint density at radius 1 is 0.939 bits per heavy atom.